The highest BCUT2D eigenvalue weighted by atomic mass is 19.3. The maximum Gasteiger partial charge on any atom is 0.270 e. The summed E-state index contributed by atoms with van der Waals surface area (Å²) in [5, 5.41) is 3.29. The first-order valence-electron chi connectivity index (χ1n) is 5.55. The molecule has 0 aliphatic heterocycles. The van der Waals surface area contributed by atoms with Gasteiger partial charge < -0.3 is 5.32 Å². The normalized spacial score (nSPS) is 14.2. The summed E-state index contributed by atoms with van der Waals surface area (Å²) in [5.74, 6) is -2.77. The molecule has 1 aromatic rings. The number of nitrogens with one attached hydrogen (secondary N) is 1. The van der Waals surface area contributed by atoms with E-state index in [1.165, 1.54) is 6.07 Å². The minimum Gasteiger partial charge on any atom is -0.308 e. The van der Waals surface area contributed by atoms with Crippen LogP contribution in [-0.4, -0.2) is 6.04 Å². The molecule has 1 N–H and O–H groups in total. The number of halogens is 2. The predicted molar refractivity (Wildman–Crippen MR) is 62.7 cm³/mol. The van der Waals surface area contributed by atoms with Crippen LogP contribution in [0.1, 0.15) is 44.9 Å². The van der Waals surface area contributed by atoms with Crippen molar-refractivity contribution in [2.75, 3.05) is 0 Å². The Balaban J connectivity index is 2.90. The Morgan fingerprint density at radius 2 is 1.81 bits per heavy atom. The first-order valence-corrected chi connectivity index (χ1v) is 5.55. The van der Waals surface area contributed by atoms with E-state index in [0.717, 1.165) is 12.5 Å². The molecule has 0 unspecified atom stereocenters. The van der Waals surface area contributed by atoms with Crippen LogP contribution >= 0.6 is 0 Å². The van der Waals surface area contributed by atoms with Crippen molar-refractivity contribution >= 4 is 0 Å². The van der Waals surface area contributed by atoms with E-state index in [4.69, 9.17) is 0 Å². The van der Waals surface area contributed by atoms with E-state index >= 15 is 0 Å². The first kappa shape index (κ1) is 13.1. The minimum atomic E-state index is -2.77. The number of benzene rings is 1. The van der Waals surface area contributed by atoms with Gasteiger partial charge in [-0.2, -0.15) is 0 Å². The maximum absolute atomic E-state index is 13.1. The lowest BCUT2D eigenvalue weighted by Crippen LogP contribution is -2.26. The predicted octanol–water partition coefficient (Wildman–Crippen LogP) is 3.86. The highest BCUT2D eigenvalue weighted by molar-refractivity contribution is 5.28. The van der Waals surface area contributed by atoms with Crippen LogP contribution in [0.5, 0.6) is 0 Å². The largest absolute Gasteiger partial charge is 0.308 e. The molecule has 0 bridgehead atoms. The highest BCUT2D eigenvalue weighted by Gasteiger charge is 2.24. The lowest BCUT2D eigenvalue weighted by Gasteiger charge is -2.19. The molecule has 1 nitrogen and oxygen atoms in total. The third-order valence-corrected chi connectivity index (χ3v) is 2.48. The van der Waals surface area contributed by atoms with E-state index in [0.29, 0.717) is 6.04 Å². The zero-order valence-electron chi connectivity index (χ0n) is 10.2. The topological polar surface area (TPSA) is 12.0 Å². The number of hydrogen-bond acceptors (Lipinski definition) is 1. The Morgan fingerprint density at radius 3 is 2.31 bits per heavy atom. The van der Waals surface area contributed by atoms with Gasteiger partial charge in [0, 0.05) is 24.6 Å². The highest BCUT2D eigenvalue weighted by Crippen LogP contribution is 2.28. The molecule has 0 radical (unpaired) electrons. The molecule has 3 heteroatoms. The summed E-state index contributed by atoms with van der Waals surface area (Å²) in [6.45, 7) is 6.98. The second-order valence-electron chi connectivity index (χ2n) is 4.56. The molecule has 1 atom stereocenters. The summed E-state index contributed by atoms with van der Waals surface area (Å²) in [6, 6.07) is 7.00. The van der Waals surface area contributed by atoms with Gasteiger partial charge in [0.05, 0.1) is 0 Å². The molecule has 0 aliphatic rings. The third-order valence-electron chi connectivity index (χ3n) is 2.48. The van der Waals surface area contributed by atoms with Gasteiger partial charge in [-0.05, 0) is 18.6 Å². The van der Waals surface area contributed by atoms with Crippen molar-refractivity contribution in [1.29, 1.82) is 0 Å². The quantitative estimate of drug-likeness (QED) is 0.823. The fraction of sp³-hybridized carbons (Fsp3) is 0.538. The van der Waals surface area contributed by atoms with Crippen molar-refractivity contribution in [2.45, 2.75) is 45.7 Å². The van der Waals surface area contributed by atoms with Gasteiger partial charge in [0.2, 0.25) is 0 Å². The van der Waals surface area contributed by atoms with Crippen molar-refractivity contribution in [3.8, 4) is 0 Å². The molecule has 90 valence electrons. The third kappa shape index (κ3) is 3.56. The molecule has 0 fully saturated rings. The van der Waals surface area contributed by atoms with Gasteiger partial charge in [-0.15, -0.1) is 0 Å². The van der Waals surface area contributed by atoms with Crippen LogP contribution in [0.15, 0.2) is 24.3 Å². The molecule has 16 heavy (non-hydrogen) atoms. The van der Waals surface area contributed by atoms with E-state index in [1.54, 1.807) is 12.1 Å². The summed E-state index contributed by atoms with van der Waals surface area (Å²) in [5.41, 5.74) is 0.968. The summed E-state index contributed by atoms with van der Waals surface area (Å²) >= 11 is 0. The molecule has 0 heterocycles. The lowest BCUT2D eigenvalue weighted by atomic mass is 10.0. The maximum atomic E-state index is 13.1. The summed E-state index contributed by atoms with van der Waals surface area (Å²) in [6.07, 6.45) is 0. The average molecular weight is 227 g/mol. The average Bonchev–Trinajstić information content (AvgIpc) is 2.15. The SMILES string of the molecule is CC(C)N[C@H](C)c1cccc(C(C)(F)F)c1. The van der Waals surface area contributed by atoms with Gasteiger partial charge >= 0.3 is 0 Å². The van der Waals surface area contributed by atoms with Crippen LogP contribution in [0.4, 0.5) is 8.78 Å². The summed E-state index contributed by atoms with van der Waals surface area (Å²) < 4.78 is 26.3. The van der Waals surface area contributed by atoms with Gasteiger partial charge in [0.1, 0.15) is 0 Å². The molecule has 0 aliphatic carbocycles. The zero-order valence-corrected chi connectivity index (χ0v) is 10.2. The van der Waals surface area contributed by atoms with E-state index in [2.05, 4.69) is 5.32 Å². The number of hydrogen-bond donors (Lipinski definition) is 1. The molecule has 0 saturated carbocycles. The van der Waals surface area contributed by atoms with Gasteiger partial charge in [-0.25, -0.2) is 8.78 Å². The van der Waals surface area contributed by atoms with Crippen molar-refractivity contribution in [3.63, 3.8) is 0 Å². The minimum absolute atomic E-state index is 0.0717. The van der Waals surface area contributed by atoms with Gasteiger partial charge in [-0.1, -0.05) is 32.0 Å². The van der Waals surface area contributed by atoms with E-state index in [1.807, 2.05) is 26.8 Å². The van der Waals surface area contributed by atoms with Gasteiger partial charge in [-0.3, -0.25) is 0 Å². The second kappa shape index (κ2) is 4.91. The van der Waals surface area contributed by atoms with Crippen molar-refractivity contribution < 1.29 is 8.78 Å². The monoisotopic (exact) mass is 227 g/mol. The van der Waals surface area contributed by atoms with Crippen LogP contribution < -0.4 is 5.32 Å². The second-order valence-corrected chi connectivity index (χ2v) is 4.56. The van der Waals surface area contributed by atoms with Crippen molar-refractivity contribution in [1.82, 2.24) is 5.32 Å². The molecular formula is C13H19F2N. The van der Waals surface area contributed by atoms with E-state index in [-0.39, 0.29) is 11.6 Å². The van der Waals surface area contributed by atoms with E-state index in [9.17, 15) is 8.78 Å². The van der Waals surface area contributed by atoms with E-state index < -0.39 is 5.92 Å². The molecule has 1 aromatic carbocycles. The Hall–Kier alpha value is -0.960. The molecule has 0 amide bonds. The van der Waals surface area contributed by atoms with Gasteiger partial charge in [0.25, 0.3) is 5.92 Å². The fourth-order valence-electron chi connectivity index (χ4n) is 1.68. The number of rotatable bonds is 4. The Labute approximate surface area is 95.9 Å². The standard InChI is InChI=1S/C13H19F2N/c1-9(2)16-10(3)11-6-5-7-12(8-11)13(4,14)15/h5-10,16H,1-4H3/t10-/m1/s1. The van der Waals surface area contributed by atoms with Crippen LogP contribution in [0, 0.1) is 0 Å². The zero-order chi connectivity index (χ0) is 12.3. The first-order chi connectivity index (χ1) is 7.30. The van der Waals surface area contributed by atoms with Crippen LogP contribution in [0.2, 0.25) is 0 Å². The van der Waals surface area contributed by atoms with Crippen LogP contribution in [0.3, 0.4) is 0 Å². The Morgan fingerprint density at radius 1 is 1.19 bits per heavy atom. The molecule has 0 saturated heterocycles. The molecule has 0 aromatic heterocycles. The van der Waals surface area contributed by atoms with Crippen LogP contribution in [0.25, 0.3) is 0 Å². The Kier molecular flexibility index (Phi) is 4.03. The fourth-order valence-corrected chi connectivity index (χ4v) is 1.68. The van der Waals surface area contributed by atoms with Gasteiger partial charge in [0.15, 0.2) is 0 Å². The molecule has 1 rings (SSSR count). The number of alkyl halides is 2. The smallest absolute Gasteiger partial charge is 0.270 e. The summed E-state index contributed by atoms with van der Waals surface area (Å²) in [7, 11) is 0. The Bertz CT molecular complexity index is 342. The lowest BCUT2D eigenvalue weighted by molar-refractivity contribution is 0.0173. The van der Waals surface area contributed by atoms with Crippen molar-refractivity contribution in [2.24, 2.45) is 0 Å². The molecular weight excluding hydrogens is 208 g/mol. The molecule has 0 spiro atoms. The van der Waals surface area contributed by atoms with Crippen molar-refractivity contribution in [3.05, 3.63) is 35.4 Å². The summed E-state index contributed by atoms with van der Waals surface area (Å²) in [4.78, 5) is 0. The van der Waals surface area contributed by atoms with Crippen LogP contribution in [-0.2, 0) is 5.92 Å².